The van der Waals surface area contributed by atoms with Crippen LogP contribution in [0.15, 0.2) is 0 Å². The molecule has 2 fully saturated rings. The lowest BCUT2D eigenvalue weighted by atomic mass is 9.52. The smallest absolute Gasteiger partial charge is 0.0778 e. The third kappa shape index (κ3) is 1.08. The van der Waals surface area contributed by atoms with Crippen molar-refractivity contribution in [3.63, 3.8) is 0 Å². The number of rotatable bonds is 1. The van der Waals surface area contributed by atoms with Crippen molar-refractivity contribution in [2.45, 2.75) is 37.8 Å². The molecule has 3 heteroatoms. The van der Waals surface area contributed by atoms with Crippen LogP contribution in [0.2, 0.25) is 0 Å². The Balaban J connectivity index is 0.000000605. The van der Waals surface area contributed by atoms with Crippen LogP contribution in [0.3, 0.4) is 0 Å². The minimum atomic E-state index is 0. The molecule has 2 aliphatic carbocycles. The van der Waals surface area contributed by atoms with Crippen molar-refractivity contribution in [3.05, 3.63) is 0 Å². The van der Waals surface area contributed by atoms with Gasteiger partial charge < -0.3 is 10.5 Å². The lowest BCUT2D eigenvalue weighted by molar-refractivity contribution is -0.150. The molecule has 0 bridgehead atoms. The molecule has 0 saturated heterocycles. The van der Waals surface area contributed by atoms with Crippen LogP contribution >= 0.6 is 12.4 Å². The number of nitrogens with two attached hydrogens (primary N) is 1. The molecule has 0 radical (unpaired) electrons. The van der Waals surface area contributed by atoms with Gasteiger partial charge in [0.15, 0.2) is 0 Å². The molecule has 2 atom stereocenters. The van der Waals surface area contributed by atoms with Gasteiger partial charge >= 0.3 is 0 Å². The lowest BCUT2D eigenvalue weighted by Gasteiger charge is -2.58. The van der Waals surface area contributed by atoms with Gasteiger partial charge in [-0.3, -0.25) is 0 Å². The minimum Gasteiger partial charge on any atom is -0.379 e. The summed E-state index contributed by atoms with van der Waals surface area (Å²) in [6.45, 7) is 0. The summed E-state index contributed by atoms with van der Waals surface area (Å²) in [5.41, 5.74) is 6.33. The summed E-state index contributed by atoms with van der Waals surface area (Å²) < 4.78 is 5.33. The maximum atomic E-state index is 5.79. The van der Waals surface area contributed by atoms with Crippen LogP contribution in [0.1, 0.15) is 25.7 Å². The predicted molar refractivity (Wildman–Crippen MR) is 46.9 cm³/mol. The Morgan fingerprint density at radius 3 is 2.27 bits per heavy atom. The minimum absolute atomic E-state index is 0. The van der Waals surface area contributed by atoms with E-state index < -0.39 is 0 Å². The monoisotopic (exact) mass is 177 g/mol. The van der Waals surface area contributed by atoms with Crippen molar-refractivity contribution in [2.24, 2.45) is 11.1 Å². The highest BCUT2D eigenvalue weighted by Gasteiger charge is 2.55. The third-order valence-corrected chi connectivity index (χ3v) is 3.24. The van der Waals surface area contributed by atoms with Crippen LogP contribution in [-0.4, -0.2) is 19.3 Å². The second kappa shape index (κ2) is 2.92. The van der Waals surface area contributed by atoms with E-state index in [1.165, 1.54) is 25.7 Å². The Hall–Kier alpha value is 0.210. The number of methoxy groups -OCH3 is 1. The van der Waals surface area contributed by atoms with Gasteiger partial charge in [-0.25, -0.2) is 0 Å². The normalized spacial score (nSPS) is 38.7. The van der Waals surface area contributed by atoms with Crippen LogP contribution in [-0.2, 0) is 4.74 Å². The summed E-state index contributed by atoms with van der Waals surface area (Å²) in [6.07, 6.45) is 5.65. The van der Waals surface area contributed by atoms with Gasteiger partial charge in [-0.1, -0.05) is 6.42 Å². The van der Waals surface area contributed by atoms with E-state index in [2.05, 4.69) is 0 Å². The van der Waals surface area contributed by atoms with Gasteiger partial charge in [-0.2, -0.15) is 0 Å². The Kier molecular flexibility index (Phi) is 2.47. The van der Waals surface area contributed by atoms with Gasteiger partial charge in [-0.05, 0) is 24.7 Å². The van der Waals surface area contributed by atoms with Gasteiger partial charge in [0.2, 0.25) is 0 Å². The average Bonchev–Trinajstić information content (AvgIpc) is 1.79. The van der Waals surface area contributed by atoms with Crippen molar-refractivity contribution >= 4 is 12.4 Å². The number of hydrogen-bond donors (Lipinski definition) is 1. The summed E-state index contributed by atoms with van der Waals surface area (Å²) in [5.74, 6) is 0. The summed E-state index contributed by atoms with van der Waals surface area (Å²) in [5, 5.41) is 0. The standard InChI is InChI=1S/C8H15NO.ClH/c1-10-7-6(9)5-8(7)3-2-4-8;/h6-7H,2-5,9H2,1H3;1H. The SMILES string of the molecule is COC1C(N)CC12CCC2.Cl. The predicted octanol–water partition coefficient (Wildman–Crippen LogP) is 1.32. The van der Waals surface area contributed by atoms with Crippen molar-refractivity contribution in [1.82, 2.24) is 0 Å². The zero-order valence-electron chi connectivity index (χ0n) is 6.88. The number of hydrogen-bond acceptors (Lipinski definition) is 2. The third-order valence-electron chi connectivity index (χ3n) is 3.24. The molecule has 2 N–H and O–H groups in total. The molecule has 2 rings (SSSR count). The maximum Gasteiger partial charge on any atom is 0.0778 e. The first-order valence-electron chi connectivity index (χ1n) is 4.07. The molecule has 0 aromatic carbocycles. The Morgan fingerprint density at radius 1 is 1.45 bits per heavy atom. The van der Waals surface area contributed by atoms with E-state index in [1.807, 2.05) is 0 Å². The molecule has 2 unspecified atom stereocenters. The fourth-order valence-electron chi connectivity index (χ4n) is 2.53. The second-order valence-electron chi connectivity index (χ2n) is 3.74. The van der Waals surface area contributed by atoms with Gasteiger partial charge in [-0.15, -0.1) is 12.4 Å². The van der Waals surface area contributed by atoms with Crippen LogP contribution in [0.25, 0.3) is 0 Å². The van der Waals surface area contributed by atoms with Gasteiger partial charge in [0, 0.05) is 13.2 Å². The molecule has 1 spiro atoms. The molecule has 0 aromatic rings. The molecule has 2 aliphatic rings. The first-order chi connectivity index (χ1) is 4.78. The highest BCUT2D eigenvalue weighted by atomic mass is 35.5. The molecule has 2 nitrogen and oxygen atoms in total. The molecule has 66 valence electrons. The summed E-state index contributed by atoms with van der Waals surface area (Å²) >= 11 is 0. The Morgan fingerprint density at radius 2 is 2.09 bits per heavy atom. The fourth-order valence-corrected chi connectivity index (χ4v) is 2.53. The topological polar surface area (TPSA) is 35.2 Å². The summed E-state index contributed by atoms with van der Waals surface area (Å²) in [6, 6.07) is 0.324. The van der Waals surface area contributed by atoms with Crippen LogP contribution in [0.5, 0.6) is 0 Å². The second-order valence-corrected chi connectivity index (χ2v) is 3.74. The molecule has 0 aliphatic heterocycles. The van der Waals surface area contributed by atoms with Crippen molar-refractivity contribution in [1.29, 1.82) is 0 Å². The first kappa shape index (κ1) is 9.30. The molecular formula is C8H16ClNO. The highest BCUT2D eigenvalue weighted by Crippen LogP contribution is 2.56. The van der Waals surface area contributed by atoms with Gasteiger partial charge in [0.05, 0.1) is 6.10 Å². The molecule has 0 aromatic heterocycles. The first-order valence-corrected chi connectivity index (χ1v) is 4.07. The highest BCUT2D eigenvalue weighted by molar-refractivity contribution is 5.85. The van der Waals surface area contributed by atoms with E-state index in [4.69, 9.17) is 10.5 Å². The van der Waals surface area contributed by atoms with Crippen molar-refractivity contribution in [3.8, 4) is 0 Å². The van der Waals surface area contributed by atoms with Gasteiger partial charge in [0.25, 0.3) is 0 Å². The number of ether oxygens (including phenoxy) is 1. The molecular weight excluding hydrogens is 162 g/mol. The Bertz CT molecular complexity index is 147. The summed E-state index contributed by atoms with van der Waals surface area (Å²) in [7, 11) is 1.78. The van der Waals surface area contributed by atoms with E-state index >= 15 is 0 Å². The lowest BCUT2D eigenvalue weighted by Crippen LogP contribution is -2.63. The zero-order chi connectivity index (χ0) is 7.19. The van der Waals surface area contributed by atoms with Crippen LogP contribution in [0.4, 0.5) is 0 Å². The van der Waals surface area contributed by atoms with Crippen LogP contribution in [0, 0.1) is 5.41 Å². The molecule has 0 heterocycles. The average molecular weight is 178 g/mol. The fraction of sp³-hybridized carbons (Fsp3) is 1.00. The van der Waals surface area contributed by atoms with E-state index in [-0.39, 0.29) is 12.4 Å². The maximum absolute atomic E-state index is 5.79. The van der Waals surface area contributed by atoms with Crippen LogP contribution < -0.4 is 5.73 Å². The Labute approximate surface area is 73.9 Å². The van der Waals surface area contributed by atoms with Gasteiger partial charge in [0.1, 0.15) is 0 Å². The summed E-state index contributed by atoms with van der Waals surface area (Å²) in [4.78, 5) is 0. The largest absolute Gasteiger partial charge is 0.379 e. The number of halogens is 1. The quantitative estimate of drug-likeness (QED) is 0.656. The van der Waals surface area contributed by atoms with E-state index in [0.717, 1.165) is 0 Å². The van der Waals surface area contributed by atoms with Crippen molar-refractivity contribution < 1.29 is 4.74 Å². The zero-order valence-corrected chi connectivity index (χ0v) is 7.69. The molecule has 0 amide bonds. The van der Waals surface area contributed by atoms with E-state index in [9.17, 15) is 0 Å². The van der Waals surface area contributed by atoms with Crippen molar-refractivity contribution in [2.75, 3.05) is 7.11 Å². The molecule has 11 heavy (non-hydrogen) atoms. The molecule has 2 saturated carbocycles. The van der Waals surface area contributed by atoms with E-state index in [0.29, 0.717) is 17.6 Å². The van der Waals surface area contributed by atoms with E-state index in [1.54, 1.807) is 7.11 Å².